The highest BCUT2D eigenvalue weighted by atomic mass is 32.1. The zero-order valence-electron chi connectivity index (χ0n) is 3.64. The highest BCUT2D eigenvalue weighted by Gasteiger charge is 1.64. The zero-order chi connectivity index (χ0) is 4.99. The molecule has 0 aromatic heterocycles. The number of rotatable bonds is 1. The molecule has 0 radical (unpaired) electrons. The summed E-state index contributed by atoms with van der Waals surface area (Å²) in [6.07, 6.45) is 1.68. The van der Waals surface area contributed by atoms with Gasteiger partial charge in [-0.05, 0) is 13.0 Å². The van der Waals surface area contributed by atoms with E-state index >= 15 is 0 Å². The van der Waals surface area contributed by atoms with Crippen LogP contribution in [0.5, 0.6) is 0 Å². The van der Waals surface area contributed by atoms with Crippen molar-refractivity contribution in [2.75, 3.05) is 0 Å². The van der Waals surface area contributed by atoms with Gasteiger partial charge in [-0.2, -0.15) is 0 Å². The number of thiocarbonyl (C=S) groups is 1. The lowest BCUT2D eigenvalue weighted by molar-refractivity contribution is 1.33. The van der Waals surface area contributed by atoms with Crippen molar-refractivity contribution >= 4 is 17.6 Å². The molecule has 0 heterocycles. The van der Waals surface area contributed by atoms with Gasteiger partial charge >= 0.3 is 0 Å². The maximum Gasteiger partial charge on any atom is 0.00572 e. The minimum atomic E-state index is 0.755. The molecular weight excluding hydrogens is 94.1 g/mol. The van der Waals surface area contributed by atoms with Gasteiger partial charge in [0.05, 0.1) is 0 Å². The van der Waals surface area contributed by atoms with Gasteiger partial charge in [0.2, 0.25) is 0 Å². The molecule has 1 nitrogen and oxygen atoms in total. The molecule has 2 heteroatoms. The van der Waals surface area contributed by atoms with E-state index in [2.05, 4.69) is 12.2 Å². The summed E-state index contributed by atoms with van der Waals surface area (Å²) in [5.41, 5.74) is 5.92. The third-order valence-corrected chi connectivity index (χ3v) is 0.467. The molecule has 0 fully saturated rings. The molecule has 0 aliphatic heterocycles. The van der Waals surface area contributed by atoms with Crippen LogP contribution in [0.2, 0.25) is 0 Å². The maximum absolute atomic E-state index is 5.17. The third kappa shape index (κ3) is 3.63. The monoisotopic (exact) mass is 101 g/mol. The van der Waals surface area contributed by atoms with E-state index in [0.29, 0.717) is 0 Å². The largest absolute Gasteiger partial charge is 0.402 e. The van der Waals surface area contributed by atoms with Crippen LogP contribution in [0.4, 0.5) is 0 Å². The molecule has 6 heavy (non-hydrogen) atoms. The van der Waals surface area contributed by atoms with Crippen LogP contribution in [0.15, 0.2) is 11.8 Å². The second-order valence-corrected chi connectivity index (χ2v) is 1.32. The summed E-state index contributed by atoms with van der Waals surface area (Å²) in [5.74, 6) is 0. The van der Waals surface area contributed by atoms with Crippen LogP contribution in [-0.4, -0.2) is 5.37 Å². The minimum absolute atomic E-state index is 0.755. The standard InChI is InChI=1S/C4H7NS/c1-4(5)2-3-6/h2-3H,5H2,1H3. The Morgan fingerprint density at radius 1 is 1.83 bits per heavy atom. The van der Waals surface area contributed by atoms with Crippen molar-refractivity contribution in [3.63, 3.8) is 0 Å². The fourth-order valence-electron chi connectivity index (χ4n) is 0.107. The molecule has 0 saturated heterocycles. The SMILES string of the molecule is CC(N)=CC=S. The Morgan fingerprint density at radius 3 is 2.33 bits per heavy atom. The Hall–Kier alpha value is -0.370. The summed E-state index contributed by atoms with van der Waals surface area (Å²) in [5, 5.41) is 1.50. The quantitative estimate of drug-likeness (QED) is 0.391. The van der Waals surface area contributed by atoms with Crippen LogP contribution >= 0.6 is 12.2 Å². The second-order valence-electron chi connectivity index (χ2n) is 1.05. The van der Waals surface area contributed by atoms with Crippen LogP contribution in [0, 0.1) is 0 Å². The van der Waals surface area contributed by atoms with Gasteiger partial charge in [-0.15, -0.1) is 0 Å². The molecule has 0 aromatic rings. The molecule has 0 saturated carbocycles. The first-order valence-electron chi connectivity index (χ1n) is 1.65. The smallest absolute Gasteiger partial charge is 0.00572 e. The Balaban J connectivity index is 3.41. The van der Waals surface area contributed by atoms with E-state index in [0.717, 1.165) is 5.70 Å². The zero-order valence-corrected chi connectivity index (χ0v) is 4.46. The van der Waals surface area contributed by atoms with Crippen LogP contribution in [-0.2, 0) is 0 Å². The minimum Gasteiger partial charge on any atom is -0.402 e. The van der Waals surface area contributed by atoms with E-state index in [1.165, 1.54) is 5.37 Å². The van der Waals surface area contributed by atoms with E-state index < -0.39 is 0 Å². The molecule has 0 rings (SSSR count). The number of allylic oxidation sites excluding steroid dienone is 2. The predicted octanol–water partition coefficient (Wildman–Crippen LogP) is 0.849. The summed E-state index contributed by atoms with van der Waals surface area (Å²) in [7, 11) is 0. The van der Waals surface area contributed by atoms with Crippen molar-refractivity contribution < 1.29 is 0 Å². The number of hydrogen-bond acceptors (Lipinski definition) is 2. The van der Waals surface area contributed by atoms with Crippen molar-refractivity contribution in [1.29, 1.82) is 0 Å². The Bertz CT molecular complexity index is 71.6. The number of nitrogens with two attached hydrogens (primary N) is 1. The summed E-state index contributed by atoms with van der Waals surface area (Å²) < 4.78 is 0. The highest BCUT2D eigenvalue weighted by molar-refractivity contribution is 7.79. The summed E-state index contributed by atoms with van der Waals surface area (Å²) in [6.45, 7) is 1.79. The van der Waals surface area contributed by atoms with Crippen LogP contribution in [0.25, 0.3) is 0 Å². The molecule has 0 spiro atoms. The van der Waals surface area contributed by atoms with Crippen molar-refractivity contribution in [3.8, 4) is 0 Å². The van der Waals surface area contributed by atoms with E-state index in [4.69, 9.17) is 5.73 Å². The van der Waals surface area contributed by atoms with E-state index in [1.807, 2.05) is 0 Å². The molecule has 0 amide bonds. The fourth-order valence-corrected chi connectivity index (χ4v) is 0.322. The lowest BCUT2D eigenvalue weighted by Gasteiger charge is -1.77. The van der Waals surface area contributed by atoms with Crippen molar-refractivity contribution in [1.82, 2.24) is 0 Å². The van der Waals surface area contributed by atoms with Gasteiger partial charge < -0.3 is 5.73 Å². The van der Waals surface area contributed by atoms with Gasteiger partial charge in [-0.25, -0.2) is 0 Å². The molecule has 0 unspecified atom stereocenters. The highest BCUT2D eigenvalue weighted by Crippen LogP contribution is 1.72. The molecule has 0 bridgehead atoms. The normalized spacial score (nSPS) is 11.2. The summed E-state index contributed by atoms with van der Waals surface area (Å²) >= 11 is 4.45. The Kier molecular flexibility index (Phi) is 2.67. The first-order chi connectivity index (χ1) is 2.77. The predicted molar refractivity (Wildman–Crippen MR) is 31.6 cm³/mol. The molecule has 2 N–H and O–H groups in total. The van der Waals surface area contributed by atoms with Gasteiger partial charge in [-0.3, -0.25) is 0 Å². The van der Waals surface area contributed by atoms with Gasteiger partial charge in [0.15, 0.2) is 0 Å². The van der Waals surface area contributed by atoms with E-state index in [1.54, 1.807) is 13.0 Å². The van der Waals surface area contributed by atoms with Crippen molar-refractivity contribution in [2.45, 2.75) is 6.92 Å². The van der Waals surface area contributed by atoms with Gasteiger partial charge in [0, 0.05) is 11.1 Å². The van der Waals surface area contributed by atoms with Crippen molar-refractivity contribution in [3.05, 3.63) is 11.8 Å². The Morgan fingerprint density at radius 2 is 2.33 bits per heavy atom. The molecule has 34 valence electrons. The van der Waals surface area contributed by atoms with Crippen LogP contribution < -0.4 is 5.73 Å². The Labute approximate surface area is 42.8 Å². The molecule has 0 aliphatic rings. The second kappa shape index (κ2) is 2.85. The first kappa shape index (κ1) is 5.63. The van der Waals surface area contributed by atoms with E-state index in [-0.39, 0.29) is 0 Å². The van der Waals surface area contributed by atoms with Gasteiger partial charge in [0.25, 0.3) is 0 Å². The maximum atomic E-state index is 5.17. The third-order valence-electron chi connectivity index (χ3n) is 0.331. The number of hydrogen-bond donors (Lipinski definition) is 1. The van der Waals surface area contributed by atoms with E-state index in [9.17, 15) is 0 Å². The average Bonchev–Trinajstić information content (AvgIpc) is 1.35. The lowest BCUT2D eigenvalue weighted by atomic mass is 10.5. The van der Waals surface area contributed by atoms with Gasteiger partial charge in [-0.1, -0.05) is 12.2 Å². The molecule has 0 aliphatic carbocycles. The van der Waals surface area contributed by atoms with Gasteiger partial charge in [0.1, 0.15) is 0 Å². The van der Waals surface area contributed by atoms with Crippen LogP contribution in [0.3, 0.4) is 0 Å². The topological polar surface area (TPSA) is 26.0 Å². The molecule has 0 atom stereocenters. The fraction of sp³-hybridized carbons (Fsp3) is 0.250. The first-order valence-corrected chi connectivity index (χ1v) is 2.12. The summed E-state index contributed by atoms with van der Waals surface area (Å²) in [6, 6.07) is 0. The van der Waals surface area contributed by atoms with Crippen LogP contribution in [0.1, 0.15) is 6.92 Å². The van der Waals surface area contributed by atoms with Crippen molar-refractivity contribution in [2.24, 2.45) is 5.73 Å². The lowest BCUT2D eigenvalue weighted by Crippen LogP contribution is -1.88. The molecule has 0 aromatic carbocycles. The molecular formula is C4H7NS. The summed E-state index contributed by atoms with van der Waals surface area (Å²) in [4.78, 5) is 0. The average molecular weight is 101 g/mol.